The predicted octanol–water partition coefficient (Wildman–Crippen LogP) is 0.696. The molecule has 8 heteroatoms. The Hall–Kier alpha value is -2.90. The fourth-order valence-corrected chi connectivity index (χ4v) is 1.98. The molecule has 2 aromatic rings. The number of rotatable bonds is 6. The minimum Gasteiger partial charge on any atom is -0.461 e. The van der Waals surface area contributed by atoms with Gasteiger partial charge in [0.15, 0.2) is 5.82 Å². The highest BCUT2D eigenvalue weighted by Crippen LogP contribution is 2.10. The number of ether oxygens (including phenoxy) is 1. The average molecular weight is 317 g/mol. The van der Waals surface area contributed by atoms with Crippen molar-refractivity contribution in [3.05, 3.63) is 41.6 Å². The predicted molar refractivity (Wildman–Crippen MR) is 83.3 cm³/mol. The molecule has 2 N–H and O–H groups in total. The number of likely N-dealkylation sites (N-methyl/N-ethyl adjacent to an activating group) is 1. The topological polar surface area (TPSA) is 103 Å². The Labute approximate surface area is 133 Å². The highest BCUT2D eigenvalue weighted by atomic mass is 16.5. The summed E-state index contributed by atoms with van der Waals surface area (Å²) in [6, 6.07) is 9.61. The molecule has 122 valence electrons. The van der Waals surface area contributed by atoms with E-state index < -0.39 is 5.97 Å². The molecule has 0 fully saturated rings. The van der Waals surface area contributed by atoms with Crippen molar-refractivity contribution < 1.29 is 14.3 Å². The minimum absolute atomic E-state index is 0.0184. The van der Waals surface area contributed by atoms with Crippen LogP contribution in [0.2, 0.25) is 0 Å². The van der Waals surface area contributed by atoms with Gasteiger partial charge in [0.25, 0.3) is 0 Å². The van der Waals surface area contributed by atoms with Crippen LogP contribution in [-0.4, -0.2) is 45.4 Å². The van der Waals surface area contributed by atoms with Crippen LogP contribution in [0.1, 0.15) is 23.0 Å². The van der Waals surface area contributed by atoms with E-state index in [4.69, 9.17) is 10.5 Å². The lowest BCUT2D eigenvalue weighted by atomic mass is 10.2. The lowest BCUT2D eigenvalue weighted by molar-refractivity contribution is -0.131. The van der Waals surface area contributed by atoms with Gasteiger partial charge in [-0.25, -0.2) is 9.48 Å². The maximum atomic E-state index is 12.2. The van der Waals surface area contributed by atoms with Crippen LogP contribution in [0.5, 0.6) is 0 Å². The van der Waals surface area contributed by atoms with Gasteiger partial charge in [0.05, 0.1) is 6.61 Å². The van der Waals surface area contributed by atoms with Gasteiger partial charge in [-0.3, -0.25) is 4.79 Å². The van der Waals surface area contributed by atoms with E-state index in [0.717, 1.165) is 5.56 Å². The zero-order valence-electron chi connectivity index (χ0n) is 13.1. The van der Waals surface area contributed by atoms with E-state index in [9.17, 15) is 9.59 Å². The third-order valence-corrected chi connectivity index (χ3v) is 3.22. The molecule has 0 atom stereocenters. The molecule has 0 aliphatic rings. The van der Waals surface area contributed by atoms with Gasteiger partial charge < -0.3 is 15.4 Å². The summed E-state index contributed by atoms with van der Waals surface area (Å²) in [6.45, 7) is 2.27. The monoisotopic (exact) mass is 317 g/mol. The lowest BCUT2D eigenvalue weighted by Gasteiger charge is -2.17. The molecule has 0 radical (unpaired) electrons. The molecular formula is C15H19N5O3. The number of anilines is 1. The molecule has 0 unspecified atom stereocenters. The maximum Gasteiger partial charge on any atom is 0.362 e. The molecule has 0 saturated carbocycles. The normalized spacial score (nSPS) is 10.3. The summed E-state index contributed by atoms with van der Waals surface area (Å²) in [5.74, 6) is -0.827. The number of nitrogens with zero attached hydrogens (tertiary/aromatic N) is 4. The van der Waals surface area contributed by atoms with Gasteiger partial charge in [-0.2, -0.15) is 0 Å². The van der Waals surface area contributed by atoms with Crippen molar-refractivity contribution >= 4 is 17.7 Å². The Morgan fingerprint density at radius 2 is 2.00 bits per heavy atom. The van der Waals surface area contributed by atoms with Gasteiger partial charge in [-0.1, -0.05) is 35.5 Å². The van der Waals surface area contributed by atoms with Gasteiger partial charge in [-0.05, 0) is 12.5 Å². The average Bonchev–Trinajstić information content (AvgIpc) is 2.89. The number of nitrogens with two attached hydrogens (primary N) is 1. The Balaban J connectivity index is 2.01. The fraction of sp³-hybridized carbons (Fsp3) is 0.333. The van der Waals surface area contributed by atoms with Gasteiger partial charge in [-0.15, -0.1) is 5.10 Å². The standard InChI is InChI=1S/C15H19N5O3/c1-3-23-15(22)13-14(16)20(18-17-13)10-12(21)19(2)9-11-7-5-4-6-8-11/h4-8H,3,9-10,16H2,1-2H3. The van der Waals surface area contributed by atoms with E-state index in [-0.39, 0.29) is 30.6 Å². The summed E-state index contributed by atoms with van der Waals surface area (Å²) < 4.78 is 6.01. The molecule has 0 saturated heterocycles. The van der Waals surface area contributed by atoms with Crippen molar-refractivity contribution in [3.8, 4) is 0 Å². The SMILES string of the molecule is CCOC(=O)c1nnn(CC(=O)N(C)Cc2ccccc2)c1N. The molecule has 0 aliphatic carbocycles. The number of esters is 1. The number of carbonyl (C=O) groups is 2. The summed E-state index contributed by atoms with van der Waals surface area (Å²) in [7, 11) is 1.69. The molecular weight excluding hydrogens is 298 g/mol. The van der Waals surface area contributed by atoms with Crippen molar-refractivity contribution in [2.24, 2.45) is 0 Å². The first-order valence-corrected chi connectivity index (χ1v) is 7.17. The van der Waals surface area contributed by atoms with Gasteiger partial charge in [0, 0.05) is 13.6 Å². The molecule has 1 heterocycles. The summed E-state index contributed by atoms with van der Waals surface area (Å²) in [6.07, 6.45) is 0. The summed E-state index contributed by atoms with van der Waals surface area (Å²) in [5.41, 5.74) is 6.74. The summed E-state index contributed by atoms with van der Waals surface area (Å²) >= 11 is 0. The Morgan fingerprint density at radius 1 is 1.30 bits per heavy atom. The van der Waals surface area contributed by atoms with Crippen LogP contribution >= 0.6 is 0 Å². The first kappa shape index (κ1) is 16.5. The van der Waals surface area contributed by atoms with Crippen LogP contribution in [0.3, 0.4) is 0 Å². The first-order chi connectivity index (χ1) is 11.0. The first-order valence-electron chi connectivity index (χ1n) is 7.17. The molecule has 0 bridgehead atoms. The maximum absolute atomic E-state index is 12.2. The lowest BCUT2D eigenvalue weighted by Crippen LogP contribution is -2.30. The molecule has 1 aromatic carbocycles. The van der Waals surface area contributed by atoms with Crippen LogP contribution in [0.4, 0.5) is 5.82 Å². The largest absolute Gasteiger partial charge is 0.461 e. The number of amides is 1. The Kier molecular flexibility index (Phi) is 5.29. The van der Waals surface area contributed by atoms with Crippen molar-refractivity contribution in [2.45, 2.75) is 20.0 Å². The summed E-state index contributed by atoms with van der Waals surface area (Å²) in [5, 5.41) is 7.42. The van der Waals surface area contributed by atoms with Crippen LogP contribution in [0.25, 0.3) is 0 Å². The second kappa shape index (κ2) is 7.39. The quantitative estimate of drug-likeness (QED) is 0.786. The highest BCUT2D eigenvalue weighted by Gasteiger charge is 2.20. The smallest absolute Gasteiger partial charge is 0.362 e. The van der Waals surface area contributed by atoms with E-state index in [1.54, 1.807) is 18.9 Å². The minimum atomic E-state index is -0.652. The van der Waals surface area contributed by atoms with Crippen molar-refractivity contribution in [1.29, 1.82) is 0 Å². The molecule has 0 aliphatic heterocycles. The second-order valence-electron chi connectivity index (χ2n) is 4.94. The van der Waals surface area contributed by atoms with E-state index in [1.165, 1.54) is 4.68 Å². The molecule has 1 aromatic heterocycles. The van der Waals surface area contributed by atoms with E-state index >= 15 is 0 Å². The van der Waals surface area contributed by atoms with E-state index in [1.807, 2.05) is 30.3 Å². The molecule has 23 heavy (non-hydrogen) atoms. The van der Waals surface area contributed by atoms with Crippen LogP contribution in [-0.2, 0) is 22.6 Å². The molecule has 1 amide bonds. The van der Waals surface area contributed by atoms with Crippen LogP contribution in [0, 0.1) is 0 Å². The third kappa shape index (κ3) is 4.06. The molecule has 8 nitrogen and oxygen atoms in total. The van der Waals surface area contributed by atoms with E-state index in [0.29, 0.717) is 6.54 Å². The number of nitrogen functional groups attached to an aromatic ring is 1. The van der Waals surface area contributed by atoms with Gasteiger partial charge >= 0.3 is 5.97 Å². The van der Waals surface area contributed by atoms with Crippen molar-refractivity contribution in [1.82, 2.24) is 19.9 Å². The zero-order chi connectivity index (χ0) is 16.8. The number of hydrogen-bond acceptors (Lipinski definition) is 6. The zero-order valence-corrected chi connectivity index (χ0v) is 13.1. The van der Waals surface area contributed by atoms with E-state index in [2.05, 4.69) is 10.3 Å². The highest BCUT2D eigenvalue weighted by molar-refractivity contribution is 5.92. The number of carbonyl (C=O) groups excluding carboxylic acids is 2. The second-order valence-corrected chi connectivity index (χ2v) is 4.94. The Morgan fingerprint density at radius 3 is 2.65 bits per heavy atom. The van der Waals surface area contributed by atoms with Crippen LogP contribution < -0.4 is 5.73 Å². The van der Waals surface area contributed by atoms with Crippen LogP contribution in [0.15, 0.2) is 30.3 Å². The van der Waals surface area contributed by atoms with Crippen molar-refractivity contribution in [2.75, 3.05) is 19.4 Å². The van der Waals surface area contributed by atoms with Gasteiger partial charge in [0.1, 0.15) is 6.54 Å². The van der Waals surface area contributed by atoms with Crippen molar-refractivity contribution in [3.63, 3.8) is 0 Å². The van der Waals surface area contributed by atoms with Gasteiger partial charge in [0.2, 0.25) is 11.6 Å². The Bertz CT molecular complexity index is 684. The number of benzene rings is 1. The number of aromatic nitrogens is 3. The fourth-order valence-electron chi connectivity index (χ4n) is 1.98. The number of hydrogen-bond donors (Lipinski definition) is 1. The molecule has 0 spiro atoms. The third-order valence-electron chi connectivity index (χ3n) is 3.22. The summed E-state index contributed by atoms with van der Waals surface area (Å²) in [4.78, 5) is 25.4. The molecule has 2 rings (SSSR count).